The third kappa shape index (κ3) is 4.95. The van der Waals surface area contributed by atoms with E-state index in [-0.39, 0.29) is 0 Å². The van der Waals surface area contributed by atoms with E-state index in [1.54, 1.807) is 0 Å². The molecule has 0 fully saturated rings. The zero-order chi connectivity index (χ0) is 10.6. The van der Waals surface area contributed by atoms with Gasteiger partial charge in [-0.2, -0.15) is 0 Å². The smallest absolute Gasteiger partial charge is 0.169 e. The van der Waals surface area contributed by atoms with Gasteiger partial charge in [0.25, 0.3) is 0 Å². The van der Waals surface area contributed by atoms with Crippen LogP contribution in [0.2, 0.25) is 24.7 Å². The zero-order valence-electron chi connectivity index (χ0n) is 9.01. The van der Waals surface area contributed by atoms with Crippen LogP contribution >= 0.6 is 11.6 Å². The molecule has 0 amide bonds. The molecule has 1 aromatic rings. The molecule has 78 valence electrons. The molecule has 0 aromatic heterocycles. The topological polar surface area (TPSA) is 9.23 Å². The summed E-state index contributed by atoms with van der Waals surface area (Å²) in [5.74, 6) is 0. The fourth-order valence-electron chi connectivity index (χ4n) is 1.17. The largest absolute Gasteiger partial charge is 0.460 e. The molecule has 1 nitrogen and oxygen atoms in total. The summed E-state index contributed by atoms with van der Waals surface area (Å²) in [6, 6.07) is 9.14. The standard InChI is InChI=1S/C10H17ClOSi2/c1-14(2,3)12-13-8-9-5-4-6-10(11)7-9/h4-7H,8,13H2,1-3H3. The lowest BCUT2D eigenvalue weighted by Gasteiger charge is -2.17. The highest BCUT2D eigenvalue weighted by atomic mass is 35.5. The normalized spacial score (nSPS) is 12.6. The van der Waals surface area contributed by atoms with Crippen molar-refractivity contribution in [1.29, 1.82) is 0 Å². The van der Waals surface area contributed by atoms with Gasteiger partial charge in [0.05, 0.1) is 0 Å². The van der Waals surface area contributed by atoms with Gasteiger partial charge in [0.15, 0.2) is 18.1 Å². The lowest BCUT2D eigenvalue weighted by molar-refractivity contribution is 0.595. The van der Waals surface area contributed by atoms with E-state index in [9.17, 15) is 0 Å². The number of halogens is 1. The van der Waals surface area contributed by atoms with E-state index in [4.69, 9.17) is 15.7 Å². The fourth-order valence-corrected chi connectivity index (χ4v) is 4.78. The summed E-state index contributed by atoms with van der Waals surface area (Å²) >= 11 is 5.90. The van der Waals surface area contributed by atoms with Gasteiger partial charge in [-0.25, -0.2) is 0 Å². The first-order valence-corrected chi connectivity index (χ1v) is 10.2. The Bertz CT molecular complexity index is 296. The minimum absolute atomic E-state index is 0.404. The first kappa shape index (κ1) is 12.0. The summed E-state index contributed by atoms with van der Waals surface area (Å²) < 4.78 is 5.91. The molecular weight excluding hydrogens is 228 g/mol. The molecule has 0 N–H and O–H groups in total. The maximum absolute atomic E-state index is 5.91. The predicted octanol–water partition coefficient (Wildman–Crippen LogP) is 2.78. The van der Waals surface area contributed by atoms with Crippen LogP contribution < -0.4 is 0 Å². The van der Waals surface area contributed by atoms with Gasteiger partial charge in [0.2, 0.25) is 0 Å². The van der Waals surface area contributed by atoms with Crippen LogP contribution in [0.25, 0.3) is 0 Å². The van der Waals surface area contributed by atoms with Crippen molar-refractivity contribution in [1.82, 2.24) is 0 Å². The maximum Gasteiger partial charge on any atom is 0.169 e. The number of hydrogen-bond acceptors (Lipinski definition) is 1. The van der Waals surface area contributed by atoms with Crippen molar-refractivity contribution >= 4 is 29.7 Å². The molecule has 0 atom stereocenters. The highest BCUT2D eigenvalue weighted by molar-refractivity contribution is 6.73. The van der Waals surface area contributed by atoms with Crippen molar-refractivity contribution in [3.63, 3.8) is 0 Å². The van der Waals surface area contributed by atoms with Gasteiger partial charge in [-0.05, 0) is 43.4 Å². The molecule has 1 aromatic carbocycles. The van der Waals surface area contributed by atoms with Crippen LogP contribution in [0.3, 0.4) is 0 Å². The minimum atomic E-state index is -1.30. The van der Waals surface area contributed by atoms with E-state index < -0.39 is 18.1 Å². The second kappa shape index (κ2) is 5.12. The summed E-state index contributed by atoms with van der Waals surface area (Å²) in [5, 5.41) is 0.824. The van der Waals surface area contributed by atoms with Crippen LogP contribution in [0.5, 0.6) is 0 Å². The van der Waals surface area contributed by atoms with Gasteiger partial charge >= 0.3 is 0 Å². The molecule has 1 rings (SSSR count). The molecule has 0 bridgehead atoms. The summed E-state index contributed by atoms with van der Waals surface area (Å²) in [7, 11) is -1.70. The Hall–Kier alpha value is -0.0962. The van der Waals surface area contributed by atoms with E-state index in [2.05, 4.69) is 25.7 Å². The van der Waals surface area contributed by atoms with Crippen LogP contribution in [-0.2, 0) is 10.2 Å². The van der Waals surface area contributed by atoms with E-state index in [0.717, 1.165) is 11.1 Å². The van der Waals surface area contributed by atoms with Gasteiger partial charge in [0, 0.05) is 5.02 Å². The zero-order valence-corrected chi connectivity index (χ0v) is 12.2. The van der Waals surface area contributed by atoms with Gasteiger partial charge < -0.3 is 4.12 Å². The summed E-state index contributed by atoms with van der Waals surface area (Å²) in [4.78, 5) is 0. The lowest BCUT2D eigenvalue weighted by Crippen LogP contribution is -2.28. The third-order valence-electron chi connectivity index (χ3n) is 1.81. The molecular formula is C10H17ClOSi2. The van der Waals surface area contributed by atoms with Crippen LogP contribution in [0, 0.1) is 0 Å². The SMILES string of the molecule is C[Si](C)(C)O[SiH2]Cc1cccc(Cl)c1. The molecule has 0 unspecified atom stereocenters. The monoisotopic (exact) mass is 244 g/mol. The van der Waals surface area contributed by atoms with Crippen molar-refractivity contribution in [3.8, 4) is 0 Å². The maximum atomic E-state index is 5.91. The Kier molecular flexibility index (Phi) is 4.38. The number of rotatable bonds is 4. The van der Waals surface area contributed by atoms with Gasteiger partial charge in [-0.15, -0.1) is 0 Å². The van der Waals surface area contributed by atoms with Crippen LogP contribution in [0.15, 0.2) is 24.3 Å². The predicted molar refractivity (Wildman–Crippen MR) is 68.1 cm³/mol. The van der Waals surface area contributed by atoms with E-state index >= 15 is 0 Å². The Morgan fingerprint density at radius 3 is 2.64 bits per heavy atom. The summed E-state index contributed by atoms with van der Waals surface area (Å²) in [6.07, 6.45) is 0. The first-order valence-electron chi connectivity index (χ1n) is 4.86. The molecule has 0 saturated carbocycles. The molecule has 0 saturated heterocycles. The Balaban J connectivity index is 2.39. The molecule has 0 heterocycles. The average molecular weight is 245 g/mol. The average Bonchev–Trinajstić information content (AvgIpc) is 2.01. The minimum Gasteiger partial charge on any atom is -0.460 e. The molecule has 0 aliphatic heterocycles. The summed E-state index contributed by atoms with van der Waals surface area (Å²) in [6.45, 7) is 6.70. The second-order valence-electron chi connectivity index (χ2n) is 4.34. The quantitative estimate of drug-likeness (QED) is 0.741. The van der Waals surface area contributed by atoms with Crippen molar-refractivity contribution in [2.75, 3.05) is 0 Å². The summed E-state index contributed by atoms with van der Waals surface area (Å²) in [5.41, 5.74) is 1.31. The van der Waals surface area contributed by atoms with E-state index in [1.807, 2.05) is 18.2 Å². The highest BCUT2D eigenvalue weighted by Gasteiger charge is 2.12. The highest BCUT2D eigenvalue weighted by Crippen LogP contribution is 2.11. The lowest BCUT2D eigenvalue weighted by atomic mass is 10.2. The van der Waals surface area contributed by atoms with Crippen LogP contribution in [0.1, 0.15) is 5.56 Å². The Morgan fingerprint density at radius 2 is 2.07 bits per heavy atom. The number of hydrogen-bond donors (Lipinski definition) is 0. The van der Waals surface area contributed by atoms with Crippen LogP contribution in [0.4, 0.5) is 0 Å². The Morgan fingerprint density at radius 1 is 1.36 bits per heavy atom. The third-order valence-corrected chi connectivity index (χ3v) is 7.11. The molecule has 4 heteroatoms. The fraction of sp³-hybridized carbons (Fsp3) is 0.400. The van der Waals surface area contributed by atoms with Gasteiger partial charge in [-0.3, -0.25) is 0 Å². The molecule has 14 heavy (non-hydrogen) atoms. The Labute approximate surface area is 94.5 Å². The van der Waals surface area contributed by atoms with Crippen molar-refractivity contribution in [2.45, 2.75) is 25.7 Å². The van der Waals surface area contributed by atoms with Crippen molar-refractivity contribution < 1.29 is 4.12 Å². The first-order chi connectivity index (χ1) is 6.47. The van der Waals surface area contributed by atoms with E-state index in [0.29, 0.717) is 0 Å². The van der Waals surface area contributed by atoms with Gasteiger partial charge in [-0.1, -0.05) is 23.7 Å². The van der Waals surface area contributed by atoms with E-state index in [1.165, 1.54) is 5.56 Å². The molecule has 0 spiro atoms. The number of benzene rings is 1. The van der Waals surface area contributed by atoms with Gasteiger partial charge in [0.1, 0.15) is 0 Å². The van der Waals surface area contributed by atoms with Crippen LogP contribution in [-0.4, -0.2) is 18.1 Å². The molecule has 0 radical (unpaired) electrons. The van der Waals surface area contributed by atoms with Crippen molar-refractivity contribution in [2.24, 2.45) is 0 Å². The molecule has 0 aliphatic carbocycles. The molecule has 0 aliphatic rings. The second-order valence-corrected chi connectivity index (χ2v) is 11.1. The van der Waals surface area contributed by atoms with Crippen molar-refractivity contribution in [3.05, 3.63) is 34.9 Å².